The van der Waals surface area contributed by atoms with Crippen molar-refractivity contribution in [1.29, 1.82) is 0 Å². The molecule has 7 unspecified atom stereocenters. The maximum atomic E-state index is 14.8. The molecule has 4 N–H and O–H groups in total. The molecule has 9 nitrogen and oxygen atoms in total. The molecule has 35 heavy (non-hydrogen) atoms. The number of hydrazine groups is 1. The minimum absolute atomic E-state index is 0.0508. The number of carbonyl (C=O) groups excluding carboxylic acids is 1. The van der Waals surface area contributed by atoms with Crippen molar-refractivity contribution < 1.29 is 22.3 Å². The molecule has 0 aromatic carbocycles. The molecule has 2 saturated heterocycles. The Balaban J connectivity index is 1.22. The maximum Gasteiger partial charge on any atom is 0.241 e. The number of nitrogens with one attached hydrogen (secondary N) is 4. The fourth-order valence-corrected chi connectivity index (χ4v) is 7.55. The van der Waals surface area contributed by atoms with Crippen LogP contribution in [0.4, 0.5) is 4.39 Å². The van der Waals surface area contributed by atoms with Crippen LogP contribution in [-0.4, -0.2) is 81.7 Å². The lowest BCUT2D eigenvalue weighted by Crippen LogP contribution is -2.55. The zero-order valence-electron chi connectivity index (χ0n) is 20.6. The van der Waals surface area contributed by atoms with Crippen LogP contribution < -0.4 is 20.9 Å². The number of halogens is 2. The van der Waals surface area contributed by atoms with Gasteiger partial charge in [-0.2, -0.15) is 0 Å². The molecular weight excluding hydrogens is 497 g/mol. The van der Waals surface area contributed by atoms with Crippen molar-refractivity contribution in [3.05, 3.63) is 0 Å². The quantitative estimate of drug-likeness (QED) is 0.274. The second kappa shape index (κ2) is 12.3. The summed E-state index contributed by atoms with van der Waals surface area (Å²) in [5.41, 5.74) is 2.27. The number of ether oxygens (including phenoxy) is 1. The van der Waals surface area contributed by atoms with Gasteiger partial charge in [0.15, 0.2) is 0 Å². The van der Waals surface area contributed by atoms with E-state index in [-0.39, 0.29) is 24.7 Å². The first-order chi connectivity index (χ1) is 16.7. The zero-order valence-corrected chi connectivity index (χ0v) is 22.1. The van der Waals surface area contributed by atoms with Gasteiger partial charge >= 0.3 is 0 Å². The number of piperidine rings is 1. The normalized spacial score (nSPS) is 37.9. The number of carbonyl (C=O) groups is 1. The smallest absolute Gasteiger partial charge is 0.241 e. The van der Waals surface area contributed by atoms with Gasteiger partial charge in [0.1, 0.15) is 12.4 Å². The topological polar surface area (TPSA) is 112 Å². The van der Waals surface area contributed by atoms with Crippen LogP contribution in [-0.2, 0) is 19.6 Å². The minimum atomic E-state index is -3.82. The molecule has 4 fully saturated rings. The van der Waals surface area contributed by atoms with Gasteiger partial charge in [-0.25, -0.2) is 12.8 Å². The molecule has 2 aliphatic carbocycles. The van der Waals surface area contributed by atoms with Crippen LogP contribution in [0.15, 0.2) is 0 Å². The van der Waals surface area contributed by atoms with Gasteiger partial charge in [0, 0.05) is 25.8 Å². The molecule has 202 valence electrons. The third-order valence-electron chi connectivity index (χ3n) is 8.19. The summed E-state index contributed by atoms with van der Waals surface area (Å²) in [5, 5.41) is 5.09. The van der Waals surface area contributed by atoms with E-state index in [0.717, 1.165) is 13.2 Å². The van der Waals surface area contributed by atoms with Gasteiger partial charge in [-0.15, -0.1) is 16.4 Å². The second-order valence-corrected chi connectivity index (χ2v) is 13.4. The number of hydrogen-bond acceptors (Lipinski definition) is 7. The molecule has 1 amide bonds. The van der Waals surface area contributed by atoms with Crippen LogP contribution in [0.3, 0.4) is 0 Å². The summed E-state index contributed by atoms with van der Waals surface area (Å²) < 4.78 is 46.4. The Morgan fingerprint density at radius 1 is 1.14 bits per heavy atom. The monoisotopic (exact) mass is 537 g/mol. The molecule has 0 aromatic heterocycles. The van der Waals surface area contributed by atoms with E-state index in [9.17, 15) is 17.6 Å². The Morgan fingerprint density at radius 3 is 2.57 bits per heavy atom. The fraction of sp³-hybridized carbons (Fsp3) is 0.957. The van der Waals surface area contributed by atoms with Crippen LogP contribution in [0.5, 0.6) is 0 Å². The maximum absolute atomic E-state index is 14.8. The summed E-state index contributed by atoms with van der Waals surface area (Å²) in [5.74, 6) is -1.01. The molecule has 0 bridgehead atoms. The Labute approximate surface area is 213 Å². The lowest BCUT2D eigenvalue weighted by Gasteiger charge is -2.37. The molecule has 7 atom stereocenters. The molecule has 2 saturated carbocycles. The van der Waals surface area contributed by atoms with Gasteiger partial charge in [0.2, 0.25) is 15.9 Å². The van der Waals surface area contributed by atoms with E-state index in [1.165, 1.54) is 32.1 Å². The molecule has 0 spiro atoms. The van der Waals surface area contributed by atoms with E-state index in [1.54, 1.807) is 0 Å². The number of alkyl halides is 2. The first-order valence-corrected chi connectivity index (χ1v) is 15.1. The summed E-state index contributed by atoms with van der Waals surface area (Å²) in [7, 11) is -1.82. The van der Waals surface area contributed by atoms with Crippen molar-refractivity contribution in [2.24, 2.45) is 17.8 Å². The third kappa shape index (κ3) is 7.27. The molecule has 12 heteroatoms. The van der Waals surface area contributed by atoms with Gasteiger partial charge in [-0.05, 0) is 57.4 Å². The van der Waals surface area contributed by atoms with Crippen molar-refractivity contribution in [2.75, 3.05) is 33.4 Å². The molecule has 0 radical (unpaired) electrons. The average molecular weight is 538 g/mol. The molecule has 4 rings (SSSR count). The number of hydrogen-bond donors (Lipinski definition) is 4. The predicted octanol–water partition coefficient (Wildman–Crippen LogP) is 1.44. The summed E-state index contributed by atoms with van der Waals surface area (Å²) in [6.45, 7) is 2.50. The minimum Gasteiger partial charge on any atom is -0.363 e. The second-order valence-electron chi connectivity index (χ2n) is 10.9. The number of nitrogens with zero attached hydrogens (tertiary/aromatic N) is 1. The number of likely N-dealkylation sites (N-methyl/N-ethyl adjacent to an activating group) is 1. The Bertz CT molecular complexity index is 810. The first kappa shape index (κ1) is 27.5. The van der Waals surface area contributed by atoms with E-state index < -0.39 is 38.6 Å². The van der Waals surface area contributed by atoms with Crippen molar-refractivity contribution in [3.63, 3.8) is 0 Å². The molecule has 2 heterocycles. The lowest BCUT2D eigenvalue weighted by molar-refractivity contribution is -0.129. The van der Waals surface area contributed by atoms with E-state index in [0.29, 0.717) is 38.2 Å². The van der Waals surface area contributed by atoms with Gasteiger partial charge in [0.25, 0.3) is 0 Å². The lowest BCUT2D eigenvalue weighted by atomic mass is 9.76. The van der Waals surface area contributed by atoms with Gasteiger partial charge < -0.3 is 4.74 Å². The van der Waals surface area contributed by atoms with Gasteiger partial charge in [-0.3, -0.25) is 25.8 Å². The Kier molecular flexibility index (Phi) is 9.67. The van der Waals surface area contributed by atoms with Crippen LogP contribution in [0.2, 0.25) is 0 Å². The average Bonchev–Trinajstić information content (AvgIpc) is 3.30. The molecule has 0 aromatic rings. The van der Waals surface area contributed by atoms with Gasteiger partial charge in [-0.1, -0.05) is 19.3 Å². The SMILES string of the molecule is CN1CNC(C2CC(Cl)C(F)C(C(=O)NNS(=O)(=O)C3CCC(OCC4CCCCC4)NC3)C2)C1. The number of sulfonamides is 1. The highest BCUT2D eigenvalue weighted by Crippen LogP contribution is 2.37. The van der Waals surface area contributed by atoms with Crippen LogP contribution >= 0.6 is 11.6 Å². The summed E-state index contributed by atoms with van der Waals surface area (Å²) in [6.07, 6.45) is 6.38. The van der Waals surface area contributed by atoms with Crippen molar-refractivity contribution >= 4 is 27.5 Å². The summed E-state index contributed by atoms with van der Waals surface area (Å²) >= 11 is 6.26. The number of rotatable bonds is 8. The highest BCUT2D eigenvalue weighted by molar-refractivity contribution is 7.90. The number of amides is 1. The largest absolute Gasteiger partial charge is 0.363 e. The van der Waals surface area contributed by atoms with Crippen LogP contribution in [0.1, 0.15) is 57.8 Å². The summed E-state index contributed by atoms with van der Waals surface area (Å²) in [4.78, 5) is 17.1. The zero-order chi connectivity index (χ0) is 25.0. The standard InChI is InChI=1S/C23H41ClFN5O4S/c1-30-12-20(27-14-30)16-9-18(22(25)19(24)10-16)23(31)28-29-35(32,33)17-7-8-21(26-11-17)34-13-15-5-3-2-4-6-15/h15-22,26-27,29H,2-14H2,1H3,(H,28,31). The van der Waals surface area contributed by atoms with Crippen LogP contribution in [0, 0.1) is 17.8 Å². The van der Waals surface area contributed by atoms with E-state index >= 15 is 0 Å². The molecule has 2 aliphatic heterocycles. The molecule has 4 aliphatic rings. The highest BCUT2D eigenvalue weighted by atomic mass is 35.5. The predicted molar refractivity (Wildman–Crippen MR) is 133 cm³/mol. The fourth-order valence-electron chi connectivity index (χ4n) is 5.97. The Morgan fingerprint density at radius 2 is 1.91 bits per heavy atom. The first-order valence-electron chi connectivity index (χ1n) is 13.1. The third-order valence-corrected chi connectivity index (χ3v) is 10.3. The molecular formula is C23H41ClFN5O4S. The van der Waals surface area contributed by atoms with Crippen molar-refractivity contribution in [3.8, 4) is 0 Å². The van der Waals surface area contributed by atoms with Crippen molar-refractivity contribution in [1.82, 2.24) is 25.8 Å². The Hall–Kier alpha value is -0.560. The van der Waals surface area contributed by atoms with Gasteiger partial charge in [0.05, 0.1) is 23.2 Å². The summed E-state index contributed by atoms with van der Waals surface area (Å²) in [6, 6.07) is 0.141. The van der Waals surface area contributed by atoms with E-state index in [2.05, 4.69) is 25.8 Å². The van der Waals surface area contributed by atoms with Crippen molar-refractivity contribution in [2.45, 2.75) is 86.9 Å². The van der Waals surface area contributed by atoms with E-state index in [1.807, 2.05) is 7.05 Å². The highest BCUT2D eigenvalue weighted by Gasteiger charge is 2.44. The van der Waals surface area contributed by atoms with Crippen LogP contribution in [0.25, 0.3) is 0 Å². The van der Waals surface area contributed by atoms with E-state index in [4.69, 9.17) is 16.3 Å².